The number of nitrogens with zero attached hydrogens (tertiary/aromatic N) is 3. The van der Waals surface area contributed by atoms with Gasteiger partial charge in [-0.05, 0) is 42.5 Å². The van der Waals surface area contributed by atoms with E-state index in [0.717, 1.165) is 11.0 Å². The Kier molecular flexibility index (Phi) is 4.72. The number of hydrogen-bond acceptors (Lipinski definition) is 3. The molecule has 4 aromatic rings. The van der Waals surface area contributed by atoms with Gasteiger partial charge in [-0.2, -0.15) is 5.26 Å². The van der Waals surface area contributed by atoms with Crippen molar-refractivity contribution in [2.75, 3.05) is 0 Å². The quantitative estimate of drug-likeness (QED) is 0.387. The summed E-state index contributed by atoms with van der Waals surface area (Å²) in [6.07, 6.45) is 3.45. The summed E-state index contributed by atoms with van der Waals surface area (Å²) in [5.74, 6) is 1.17. The molecule has 0 unspecified atom stereocenters. The van der Waals surface area contributed by atoms with Crippen molar-refractivity contribution >= 4 is 40.3 Å². The molecule has 132 valence electrons. The van der Waals surface area contributed by atoms with Gasteiger partial charge in [-0.3, -0.25) is 0 Å². The molecular formula is C21H13Cl2N3O. The zero-order chi connectivity index (χ0) is 18.8. The van der Waals surface area contributed by atoms with Crippen molar-refractivity contribution in [1.29, 1.82) is 5.26 Å². The number of rotatable bonds is 4. The van der Waals surface area contributed by atoms with Gasteiger partial charge in [0.1, 0.15) is 11.5 Å². The number of aromatic nitrogens is 2. The molecule has 0 aliphatic carbocycles. The van der Waals surface area contributed by atoms with Crippen molar-refractivity contribution in [2.24, 2.45) is 0 Å². The molecule has 2 aromatic heterocycles. The highest BCUT2D eigenvalue weighted by Crippen LogP contribution is 2.34. The molecule has 0 spiro atoms. The van der Waals surface area contributed by atoms with E-state index in [1.54, 1.807) is 24.5 Å². The van der Waals surface area contributed by atoms with Crippen LogP contribution in [0.25, 0.3) is 28.4 Å². The molecule has 0 amide bonds. The van der Waals surface area contributed by atoms with Crippen LogP contribution in [-0.4, -0.2) is 9.55 Å². The second kappa shape index (κ2) is 7.32. The van der Waals surface area contributed by atoms with E-state index in [1.165, 1.54) is 0 Å². The molecule has 6 heteroatoms. The molecule has 4 rings (SSSR count). The monoisotopic (exact) mass is 393 g/mol. The normalized spacial score (nSPS) is 11.7. The molecule has 0 fully saturated rings. The number of nitriles is 1. The van der Waals surface area contributed by atoms with Gasteiger partial charge in [0, 0.05) is 5.56 Å². The number of furan rings is 1. The Morgan fingerprint density at radius 3 is 2.81 bits per heavy atom. The molecule has 0 N–H and O–H groups in total. The van der Waals surface area contributed by atoms with Crippen LogP contribution in [0.1, 0.15) is 5.76 Å². The van der Waals surface area contributed by atoms with Gasteiger partial charge in [-0.1, -0.05) is 41.4 Å². The maximum absolute atomic E-state index is 9.53. The Morgan fingerprint density at radius 1 is 1.11 bits per heavy atom. The number of imidazole rings is 1. The van der Waals surface area contributed by atoms with Gasteiger partial charge < -0.3 is 8.98 Å². The number of fused-ring (bicyclic) bond motifs is 1. The van der Waals surface area contributed by atoms with Gasteiger partial charge in [0.05, 0.1) is 45.6 Å². The summed E-state index contributed by atoms with van der Waals surface area (Å²) < 4.78 is 7.78. The van der Waals surface area contributed by atoms with E-state index in [2.05, 4.69) is 11.1 Å². The fourth-order valence-electron chi connectivity index (χ4n) is 2.87. The minimum absolute atomic E-state index is 0.408. The number of halogens is 2. The van der Waals surface area contributed by atoms with Crippen molar-refractivity contribution in [3.8, 4) is 17.4 Å². The first-order valence-corrected chi connectivity index (χ1v) is 8.96. The van der Waals surface area contributed by atoms with Crippen molar-refractivity contribution in [2.45, 2.75) is 6.54 Å². The molecule has 4 nitrogen and oxygen atoms in total. The highest BCUT2D eigenvalue weighted by atomic mass is 35.5. The number of benzene rings is 2. The summed E-state index contributed by atoms with van der Waals surface area (Å²) in [6, 6.07) is 19.0. The molecular weight excluding hydrogens is 381 g/mol. The summed E-state index contributed by atoms with van der Waals surface area (Å²) in [4.78, 5) is 4.35. The van der Waals surface area contributed by atoms with Gasteiger partial charge in [-0.15, -0.1) is 0 Å². The van der Waals surface area contributed by atoms with E-state index in [9.17, 15) is 5.26 Å². The zero-order valence-corrected chi connectivity index (χ0v) is 15.6. The minimum atomic E-state index is 0.408. The lowest BCUT2D eigenvalue weighted by molar-refractivity contribution is 0.571. The van der Waals surface area contributed by atoms with Crippen molar-refractivity contribution in [1.82, 2.24) is 9.55 Å². The van der Waals surface area contributed by atoms with Crippen LogP contribution in [0, 0.1) is 11.3 Å². The van der Waals surface area contributed by atoms with E-state index in [-0.39, 0.29) is 0 Å². The molecule has 0 bridgehead atoms. The third-order valence-electron chi connectivity index (χ3n) is 4.17. The molecule has 0 aliphatic heterocycles. The highest BCUT2D eigenvalue weighted by Gasteiger charge is 2.11. The minimum Gasteiger partial charge on any atom is -0.457 e. The van der Waals surface area contributed by atoms with E-state index in [0.29, 0.717) is 39.2 Å². The Hall–Kier alpha value is -3.00. The standard InChI is InChI=1S/C21H13Cl2N3O/c22-17-5-3-4-16(21(17)23)20-9-8-15(27-20)10-14(11-24)12-26-13-25-18-6-1-2-7-19(18)26/h1-10,13H,12H2/b14-10-. The summed E-state index contributed by atoms with van der Waals surface area (Å²) in [6.45, 7) is 0.408. The van der Waals surface area contributed by atoms with Crippen molar-refractivity contribution in [3.05, 3.63) is 82.3 Å². The second-order valence-corrected chi connectivity index (χ2v) is 6.73. The Morgan fingerprint density at radius 2 is 1.96 bits per heavy atom. The number of para-hydroxylation sites is 2. The first-order valence-electron chi connectivity index (χ1n) is 8.20. The topological polar surface area (TPSA) is 54.8 Å². The first kappa shape index (κ1) is 17.4. The predicted octanol–water partition coefficient (Wildman–Crippen LogP) is 6.21. The number of hydrogen-bond donors (Lipinski definition) is 0. The lowest BCUT2D eigenvalue weighted by atomic mass is 10.2. The molecule has 2 aromatic carbocycles. The van der Waals surface area contributed by atoms with Gasteiger partial charge in [0.2, 0.25) is 0 Å². The first-order chi connectivity index (χ1) is 13.2. The average Bonchev–Trinajstić information content (AvgIpc) is 3.31. The smallest absolute Gasteiger partial charge is 0.136 e. The average molecular weight is 394 g/mol. The van der Waals surface area contributed by atoms with Crippen LogP contribution in [0.2, 0.25) is 10.0 Å². The molecule has 0 saturated heterocycles. The fraction of sp³-hybridized carbons (Fsp3) is 0.0476. The van der Waals surface area contributed by atoms with Crippen LogP contribution >= 0.6 is 23.2 Å². The maximum Gasteiger partial charge on any atom is 0.136 e. The van der Waals surface area contributed by atoms with Gasteiger partial charge >= 0.3 is 0 Å². The summed E-state index contributed by atoms with van der Waals surface area (Å²) >= 11 is 12.3. The molecule has 2 heterocycles. The zero-order valence-electron chi connectivity index (χ0n) is 14.1. The third kappa shape index (κ3) is 3.48. The summed E-state index contributed by atoms with van der Waals surface area (Å²) in [7, 11) is 0. The van der Waals surface area contributed by atoms with Crippen molar-refractivity contribution in [3.63, 3.8) is 0 Å². The molecule has 0 aliphatic rings. The number of allylic oxidation sites excluding steroid dienone is 1. The lowest BCUT2D eigenvalue weighted by Gasteiger charge is -2.03. The van der Waals surface area contributed by atoms with Gasteiger partial charge in [-0.25, -0.2) is 4.98 Å². The third-order valence-corrected chi connectivity index (χ3v) is 4.99. The molecule has 27 heavy (non-hydrogen) atoms. The summed E-state index contributed by atoms with van der Waals surface area (Å²) in [5.41, 5.74) is 3.13. The van der Waals surface area contributed by atoms with Crippen LogP contribution in [0.3, 0.4) is 0 Å². The summed E-state index contributed by atoms with van der Waals surface area (Å²) in [5, 5.41) is 10.4. The Bertz CT molecular complexity index is 1200. The van der Waals surface area contributed by atoms with Crippen LogP contribution in [0.5, 0.6) is 0 Å². The lowest BCUT2D eigenvalue weighted by Crippen LogP contribution is -1.98. The molecule has 0 saturated carbocycles. The van der Waals surface area contributed by atoms with Crippen LogP contribution in [0.4, 0.5) is 0 Å². The highest BCUT2D eigenvalue weighted by molar-refractivity contribution is 6.43. The largest absolute Gasteiger partial charge is 0.457 e. The SMILES string of the molecule is N#C/C(=C/c1ccc(-c2cccc(Cl)c2Cl)o1)Cn1cnc2ccccc21. The predicted molar refractivity (Wildman–Crippen MR) is 107 cm³/mol. The van der Waals surface area contributed by atoms with Crippen LogP contribution < -0.4 is 0 Å². The van der Waals surface area contributed by atoms with Gasteiger partial charge in [0.25, 0.3) is 0 Å². The molecule has 0 atom stereocenters. The van der Waals surface area contributed by atoms with E-state index >= 15 is 0 Å². The Labute approximate surface area is 165 Å². The van der Waals surface area contributed by atoms with Crippen LogP contribution in [-0.2, 0) is 6.54 Å². The van der Waals surface area contributed by atoms with E-state index in [4.69, 9.17) is 27.6 Å². The second-order valence-electron chi connectivity index (χ2n) is 5.95. The Balaban J connectivity index is 1.63. The maximum atomic E-state index is 9.53. The molecule has 0 radical (unpaired) electrons. The van der Waals surface area contributed by atoms with E-state index in [1.807, 2.05) is 47.0 Å². The van der Waals surface area contributed by atoms with Crippen molar-refractivity contribution < 1.29 is 4.42 Å². The fourth-order valence-corrected chi connectivity index (χ4v) is 3.27. The van der Waals surface area contributed by atoms with E-state index < -0.39 is 0 Å². The van der Waals surface area contributed by atoms with Crippen LogP contribution in [0.15, 0.2) is 70.9 Å². The van der Waals surface area contributed by atoms with Gasteiger partial charge in [0.15, 0.2) is 0 Å².